The number of hydrogen-bond donors (Lipinski definition) is 0. The van der Waals surface area contributed by atoms with Crippen LogP contribution in [0.1, 0.15) is 25.0 Å². The maximum atomic E-state index is 5.24. The first-order chi connectivity index (χ1) is 27.0. The van der Waals surface area contributed by atoms with Gasteiger partial charge in [-0.05, 0) is 84.6 Å². The second-order valence-electron chi connectivity index (χ2n) is 15.0. The van der Waals surface area contributed by atoms with E-state index in [2.05, 4.69) is 190 Å². The maximum Gasteiger partial charge on any atom is 0.160 e. The number of hydrogen-bond acceptors (Lipinski definition) is 2. The van der Waals surface area contributed by atoms with Crippen LogP contribution in [0.2, 0.25) is 0 Å². The van der Waals surface area contributed by atoms with Gasteiger partial charge in [-0.3, -0.25) is 0 Å². The lowest BCUT2D eigenvalue weighted by Crippen LogP contribution is -2.15. The summed E-state index contributed by atoms with van der Waals surface area (Å²) in [6.45, 7) is 4.73. The van der Waals surface area contributed by atoms with E-state index in [1.165, 1.54) is 55.5 Å². The van der Waals surface area contributed by atoms with Gasteiger partial charge >= 0.3 is 0 Å². The molecule has 1 aromatic heterocycles. The first-order valence-corrected chi connectivity index (χ1v) is 19.0. The van der Waals surface area contributed by atoms with Crippen molar-refractivity contribution in [2.75, 3.05) is 0 Å². The van der Waals surface area contributed by atoms with Gasteiger partial charge in [-0.2, -0.15) is 0 Å². The Morgan fingerprint density at radius 1 is 0.327 bits per heavy atom. The van der Waals surface area contributed by atoms with Crippen molar-refractivity contribution in [2.24, 2.45) is 0 Å². The molecule has 0 fully saturated rings. The number of rotatable bonds is 6. The van der Waals surface area contributed by atoms with Crippen LogP contribution in [0.5, 0.6) is 0 Å². The van der Waals surface area contributed by atoms with Gasteiger partial charge in [0.05, 0.1) is 11.4 Å². The van der Waals surface area contributed by atoms with E-state index >= 15 is 0 Å². The molecule has 0 aliphatic heterocycles. The second kappa shape index (κ2) is 13.2. The molecule has 0 bridgehead atoms. The highest BCUT2D eigenvalue weighted by Gasteiger charge is 2.37. The fourth-order valence-electron chi connectivity index (χ4n) is 8.53. The van der Waals surface area contributed by atoms with Crippen molar-refractivity contribution in [3.8, 4) is 78.4 Å². The molecule has 0 atom stereocenters. The van der Waals surface area contributed by atoms with Gasteiger partial charge in [0, 0.05) is 22.1 Å². The van der Waals surface area contributed by atoms with Gasteiger partial charge in [0.15, 0.2) is 5.82 Å². The van der Waals surface area contributed by atoms with E-state index in [4.69, 9.17) is 9.97 Å². The SMILES string of the molecule is CC1(C)c2cc(-c3ccc(-c4cc(-c5cccc(-c6ccccc6)c5)nc(-c5ccccc5)n4)c4ccccc34)ccc2-c2c(-c3ccccc3)cccc21. The first kappa shape index (κ1) is 32.7. The van der Waals surface area contributed by atoms with Crippen LogP contribution in [-0.2, 0) is 5.41 Å². The summed E-state index contributed by atoms with van der Waals surface area (Å²) in [5.74, 6) is 0.710. The summed E-state index contributed by atoms with van der Waals surface area (Å²) in [6, 6.07) is 69.5. The summed E-state index contributed by atoms with van der Waals surface area (Å²) in [5.41, 5.74) is 17.5. The average Bonchev–Trinajstić information content (AvgIpc) is 3.49. The van der Waals surface area contributed by atoms with Crippen LogP contribution in [-0.4, -0.2) is 9.97 Å². The van der Waals surface area contributed by atoms with Crippen molar-refractivity contribution >= 4 is 10.8 Å². The Kier molecular flexibility index (Phi) is 7.85. The monoisotopic (exact) mass is 702 g/mol. The van der Waals surface area contributed by atoms with Crippen molar-refractivity contribution in [3.05, 3.63) is 205 Å². The van der Waals surface area contributed by atoms with Gasteiger partial charge in [0.2, 0.25) is 0 Å². The highest BCUT2D eigenvalue weighted by molar-refractivity contribution is 6.05. The van der Waals surface area contributed by atoms with Crippen LogP contribution < -0.4 is 0 Å². The van der Waals surface area contributed by atoms with Crippen molar-refractivity contribution in [2.45, 2.75) is 19.3 Å². The molecule has 55 heavy (non-hydrogen) atoms. The van der Waals surface area contributed by atoms with Crippen LogP contribution in [0.25, 0.3) is 89.2 Å². The molecule has 0 spiro atoms. The summed E-state index contributed by atoms with van der Waals surface area (Å²) in [4.78, 5) is 10.4. The average molecular weight is 703 g/mol. The molecule has 0 amide bonds. The van der Waals surface area contributed by atoms with Crippen LogP contribution in [0.4, 0.5) is 0 Å². The van der Waals surface area contributed by atoms with Crippen LogP contribution >= 0.6 is 0 Å². The first-order valence-electron chi connectivity index (χ1n) is 19.0. The molecule has 1 heterocycles. The minimum absolute atomic E-state index is 0.135. The number of benzene rings is 8. The zero-order chi connectivity index (χ0) is 36.9. The number of fused-ring (bicyclic) bond motifs is 4. The number of aromatic nitrogens is 2. The summed E-state index contributed by atoms with van der Waals surface area (Å²) in [7, 11) is 0. The Morgan fingerprint density at radius 3 is 1.64 bits per heavy atom. The van der Waals surface area contributed by atoms with E-state index in [9.17, 15) is 0 Å². The van der Waals surface area contributed by atoms with E-state index in [-0.39, 0.29) is 5.41 Å². The predicted molar refractivity (Wildman–Crippen MR) is 230 cm³/mol. The largest absolute Gasteiger partial charge is 0.228 e. The molecule has 10 rings (SSSR count). The fraction of sp³-hybridized carbons (Fsp3) is 0.0566. The Labute approximate surface area is 322 Å². The predicted octanol–water partition coefficient (Wildman–Crippen LogP) is 13.9. The molecule has 1 aliphatic rings. The minimum atomic E-state index is -0.135. The lowest BCUT2D eigenvalue weighted by Gasteiger charge is -2.22. The van der Waals surface area contributed by atoms with Gasteiger partial charge in [0.1, 0.15) is 0 Å². The van der Waals surface area contributed by atoms with E-state index in [0.717, 1.165) is 39.0 Å². The van der Waals surface area contributed by atoms with Crippen molar-refractivity contribution in [1.82, 2.24) is 9.97 Å². The Balaban J connectivity index is 1.11. The van der Waals surface area contributed by atoms with Gasteiger partial charge < -0.3 is 0 Å². The molecule has 8 aromatic carbocycles. The lowest BCUT2D eigenvalue weighted by atomic mass is 9.81. The van der Waals surface area contributed by atoms with Crippen molar-refractivity contribution in [3.63, 3.8) is 0 Å². The third kappa shape index (κ3) is 5.66. The lowest BCUT2D eigenvalue weighted by molar-refractivity contribution is 0.661. The van der Waals surface area contributed by atoms with Gasteiger partial charge in [-0.1, -0.05) is 190 Å². The van der Waals surface area contributed by atoms with Crippen molar-refractivity contribution in [1.29, 1.82) is 0 Å². The molecule has 1 aliphatic carbocycles. The van der Waals surface area contributed by atoms with Crippen LogP contribution in [0, 0.1) is 0 Å². The molecule has 0 N–H and O–H groups in total. The van der Waals surface area contributed by atoms with Gasteiger partial charge in [-0.15, -0.1) is 0 Å². The quantitative estimate of drug-likeness (QED) is 0.172. The topological polar surface area (TPSA) is 25.8 Å². The molecule has 260 valence electrons. The molecule has 2 nitrogen and oxygen atoms in total. The van der Waals surface area contributed by atoms with E-state index in [1.807, 2.05) is 18.2 Å². The second-order valence-corrected chi connectivity index (χ2v) is 15.0. The number of nitrogens with zero attached hydrogens (tertiary/aromatic N) is 2. The molecule has 9 aromatic rings. The summed E-state index contributed by atoms with van der Waals surface area (Å²) < 4.78 is 0. The third-order valence-corrected chi connectivity index (χ3v) is 11.3. The molecule has 0 unspecified atom stereocenters. The normalized spacial score (nSPS) is 12.7. The minimum Gasteiger partial charge on any atom is -0.228 e. The zero-order valence-corrected chi connectivity index (χ0v) is 30.9. The summed E-state index contributed by atoms with van der Waals surface area (Å²) in [5, 5.41) is 2.36. The highest BCUT2D eigenvalue weighted by Crippen LogP contribution is 2.53. The van der Waals surface area contributed by atoms with Crippen LogP contribution in [0.3, 0.4) is 0 Å². The van der Waals surface area contributed by atoms with E-state index in [0.29, 0.717) is 5.82 Å². The molecule has 2 heteroatoms. The van der Waals surface area contributed by atoms with Crippen molar-refractivity contribution < 1.29 is 0 Å². The summed E-state index contributed by atoms with van der Waals surface area (Å²) in [6.07, 6.45) is 0. The van der Waals surface area contributed by atoms with E-state index < -0.39 is 0 Å². The molecule has 0 saturated heterocycles. The Bertz CT molecular complexity index is 2870. The summed E-state index contributed by atoms with van der Waals surface area (Å²) >= 11 is 0. The molecular weight excluding hydrogens is 665 g/mol. The Hall–Kier alpha value is -6.90. The standard InChI is InChI=1S/C53H38N2/c1-53(2)47-27-15-26-42(36-18-8-4-9-19-36)51(47)46-29-28-39(33-48(46)53)41-30-31-45(44-25-13-12-24-43(41)44)50-34-49(54-52(55-50)37-20-10-5-11-21-37)40-23-14-22-38(32-40)35-16-6-3-7-17-35/h3-34H,1-2H3. The third-order valence-electron chi connectivity index (χ3n) is 11.3. The van der Waals surface area contributed by atoms with Gasteiger partial charge in [-0.25, -0.2) is 9.97 Å². The zero-order valence-electron chi connectivity index (χ0n) is 30.9. The van der Waals surface area contributed by atoms with Gasteiger partial charge in [0.25, 0.3) is 0 Å². The smallest absolute Gasteiger partial charge is 0.160 e. The molecular formula is C53H38N2. The molecule has 0 radical (unpaired) electrons. The maximum absolute atomic E-state index is 5.24. The Morgan fingerprint density at radius 2 is 0.891 bits per heavy atom. The van der Waals surface area contributed by atoms with Crippen LogP contribution in [0.15, 0.2) is 194 Å². The molecule has 0 saturated carbocycles. The van der Waals surface area contributed by atoms with E-state index in [1.54, 1.807) is 0 Å². The highest BCUT2D eigenvalue weighted by atomic mass is 14.9. The fourth-order valence-corrected chi connectivity index (χ4v) is 8.53.